The molecule has 0 aliphatic heterocycles. The molecule has 134 valence electrons. The summed E-state index contributed by atoms with van der Waals surface area (Å²) in [6, 6.07) is 17.7. The van der Waals surface area contributed by atoms with Gasteiger partial charge in [0.15, 0.2) is 5.16 Å². The van der Waals surface area contributed by atoms with Crippen molar-refractivity contribution in [3.05, 3.63) is 92.1 Å². The third kappa shape index (κ3) is 3.36. The molecule has 27 heavy (non-hydrogen) atoms. The topological polar surface area (TPSA) is 78.0 Å². The molecule has 0 N–H and O–H groups in total. The molecule has 6 nitrogen and oxygen atoms in total. The van der Waals surface area contributed by atoms with Gasteiger partial charge in [-0.15, -0.1) is 11.3 Å². The zero-order valence-electron chi connectivity index (χ0n) is 13.9. The van der Waals surface area contributed by atoms with Gasteiger partial charge in [-0.3, -0.25) is 19.5 Å². The van der Waals surface area contributed by atoms with Crippen LogP contribution in [-0.4, -0.2) is 14.5 Å². The molecule has 0 saturated carbocycles. The summed E-state index contributed by atoms with van der Waals surface area (Å²) in [5.74, 6) is 0.341. The van der Waals surface area contributed by atoms with Crippen LogP contribution in [0.15, 0.2) is 76.0 Å². The predicted octanol–water partition coefficient (Wildman–Crippen LogP) is 4.65. The fraction of sp³-hybridized carbons (Fsp3) is 0.0526. The van der Waals surface area contributed by atoms with E-state index in [1.807, 2.05) is 35.7 Å². The summed E-state index contributed by atoms with van der Waals surface area (Å²) < 4.78 is 1.56. The monoisotopic (exact) mass is 395 g/mol. The lowest BCUT2D eigenvalue weighted by Crippen LogP contribution is -2.21. The third-order valence-electron chi connectivity index (χ3n) is 4.03. The van der Waals surface area contributed by atoms with Crippen molar-refractivity contribution in [3.63, 3.8) is 0 Å². The Morgan fingerprint density at radius 2 is 1.81 bits per heavy atom. The molecule has 0 unspecified atom stereocenters. The van der Waals surface area contributed by atoms with E-state index in [4.69, 9.17) is 0 Å². The molecular formula is C19H13N3O3S2. The summed E-state index contributed by atoms with van der Waals surface area (Å²) in [7, 11) is 0. The standard InChI is InChI=1S/C19H13N3O3S2/c23-18-15-10-11-26-17(15)20-19(21(18)14-7-2-1-3-8-14)27-12-13-6-4-5-9-16(13)22(24)25/h1-11H,12H2. The first-order valence-corrected chi connectivity index (χ1v) is 9.92. The molecule has 4 aromatic rings. The molecule has 0 amide bonds. The number of para-hydroxylation sites is 2. The molecule has 2 heterocycles. The number of thiophene rings is 1. The van der Waals surface area contributed by atoms with Crippen LogP contribution in [0.1, 0.15) is 5.56 Å². The zero-order chi connectivity index (χ0) is 18.8. The molecule has 0 bridgehead atoms. The van der Waals surface area contributed by atoms with Crippen LogP contribution in [0.25, 0.3) is 15.9 Å². The van der Waals surface area contributed by atoms with Gasteiger partial charge >= 0.3 is 0 Å². The molecule has 0 saturated heterocycles. The molecule has 4 rings (SSSR count). The van der Waals surface area contributed by atoms with Gasteiger partial charge in [-0.05, 0) is 23.6 Å². The number of benzene rings is 2. The second kappa shape index (κ2) is 7.34. The van der Waals surface area contributed by atoms with Crippen LogP contribution in [0.2, 0.25) is 0 Å². The van der Waals surface area contributed by atoms with Crippen molar-refractivity contribution >= 4 is 39.0 Å². The molecule has 2 aromatic heterocycles. The molecule has 0 fully saturated rings. The van der Waals surface area contributed by atoms with Gasteiger partial charge in [0.25, 0.3) is 11.2 Å². The van der Waals surface area contributed by atoms with Gasteiger partial charge in [0.1, 0.15) is 4.83 Å². The lowest BCUT2D eigenvalue weighted by atomic mass is 10.2. The van der Waals surface area contributed by atoms with E-state index in [0.29, 0.717) is 32.4 Å². The quantitative estimate of drug-likeness (QED) is 0.213. The molecule has 0 aliphatic carbocycles. The largest absolute Gasteiger partial charge is 0.273 e. The van der Waals surface area contributed by atoms with E-state index in [9.17, 15) is 14.9 Å². The van der Waals surface area contributed by atoms with E-state index in [0.717, 1.165) is 0 Å². The van der Waals surface area contributed by atoms with E-state index >= 15 is 0 Å². The molecule has 8 heteroatoms. The fourth-order valence-electron chi connectivity index (χ4n) is 2.75. The second-order valence-corrected chi connectivity index (χ2v) is 7.52. The Morgan fingerprint density at radius 1 is 1.07 bits per heavy atom. The Bertz CT molecular complexity index is 1190. The lowest BCUT2D eigenvalue weighted by Gasteiger charge is -2.12. The van der Waals surface area contributed by atoms with E-state index < -0.39 is 4.92 Å². The number of thioether (sulfide) groups is 1. The smallest absolute Gasteiger partial charge is 0.268 e. The van der Waals surface area contributed by atoms with E-state index in [2.05, 4.69) is 4.98 Å². The minimum absolute atomic E-state index is 0.0656. The van der Waals surface area contributed by atoms with Gasteiger partial charge in [-0.25, -0.2) is 4.98 Å². The van der Waals surface area contributed by atoms with Gasteiger partial charge < -0.3 is 0 Å². The number of nitrogens with zero attached hydrogens (tertiary/aromatic N) is 3. The van der Waals surface area contributed by atoms with Crippen molar-refractivity contribution in [2.24, 2.45) is 0 Å². The van der Waals surface area contributed by atoms with Crippen LogP contribution >= 0.6 is 23.1 Å². The number of aromatic nitrogens is 2. The molecule has 0 aliphatic rings. The SMILES string of the molecule is O=c1c2ccsc2nc(SCc2ccccc2[N+](=O)[O-])n1-c1ccccc1. The summed E-state index contributed by atoms with van der Waals surface area (Å²) >= 11 is 2.72. The minimum atomic E-state index is -0.393. The Morgan fingerprint density at radius 3 is 2.59 bits per heavy atom. The van der Waals surface area contributed by atoms with Crippen molar-refractivity contribution in [1.82, 2.24) is 9.55 Å². The number of hydrogen-bond donors (Lipinski definition) is 0. The van der Waals surface area contributed by atoms with Crippen molar-refractivity contribution in [1.29, 1.82) is 0 Å². The van der Waals surface area contributed by atoms with E-state index in [1.54, 1.807) is 28.8 Å². The number of fused-ring (bicyclic) bond motifs is 1. The summed E-state index contributed by atoms with van der Waals surface area (Å²) in [5.41, 5.74) is 1.23. The highest BCUT2D eigenvalue weighted by Gasteiger charge is 2.17. The zero-order valence-corrected chi connectivity index (χ0v) is 15.6. The summed E-state index contributed by atoms with van der Waals surface area (Å²) in [6.45, 7) is 0. The third-order valence-corrected chi connectivity index (χ3v) is 5.82. The first-order chi connectivity index (χ1) is 13.1. The maximum Gasteiger partial charge on any atom is 0.273 e. The Hall–Kier alpha value is -2.97. The average Bonchev–Trinajstić information content (AvgIpc) is 3.16. The highest BCUT2D eigenvalue weighted by Crippen LogP contribution is 2.29. The normalized spacial score (nSPS) is 11.0. The Balaban J connectivity index is 1.80. The van der Waals surface area contributed by atoms with Crippen molar-refractivity contribution in [2.45, 2.75) is 10.9 Å². The molecule has 2 aromatic carbocycles. The number of rotatable bonds is 5. The van der Waals surface area contributed by atoms with Gasteiger partial charge in [0, 0.05) is 17.4 Å². The molecule has 0 radical (unpaired) electrons. The molecule has 0 spiro atoms. The van der Waals surface area contributed by atoms with Crippen LogP contribution in [0.5, 0.6) is 0 Å². The van der Waals surface area contributed by atoms with Crippen molar-refractivity contribution in [3.8, 4) is 5.69 Å². The first-order valence-electron chi connectivity index (χ1n) is 8.06. The van der Waals surface area contributed by atoms with E-state index in [1.165, 1.54) is 29.2 Å². The summed E-state index contributed by atoms with van der Waals surface area (Å²) in [4.78, 5) is 29.2. The first kappa shape index (κ1) is 17.4. The number of hydrogen-bond acceptors (Lipinski definition) is 6. The van der Waals surface area contributed by atoms with Gasteiger partial charge in [0.05, 0.1) is 16.0 Å². The Kier molecular flexibility index (Phi) is 4.74. The predicted molar refractivity (Wildman–Crippen MR) is 108 cm³/mol. The number of nitro benzene ring substituents is 1. The van der Waals surface area contributed by atoms with Crippen LogP contribution in [-0.2, 0) is 5.75 Å². The summed E-state index contributed by atoms with van der Waals surface area (Å²) in [6.07, 6.45) is 0. The van der Waals surface area contributed by atoms with E-state index in [-0.39, 0.29) is 11.2 Å². The highest BCUT2D eigenvalue weighted by molar-refractivity contribution is 7.98. The average molecular weight is 395 g/mol. The van der Waals surface area contributed by atoms with Gasteiger partial charge in [-0.1, -0.05) is 48.2 Å². The molecular weight excluding hydrogens is 382 g/mol. The fourth-order valence-corrected chi connectivity index (χ4v) is 4.56. The maximum atomic E-state index is 13.0. The minimum Gasteiger partial charge on any atom is -0.268 e. The maximum absolute atomic E-state index is 13.0. The highest BCUT2D eigenvalue weighted by atomic mass is 32.2. The van der Waals surface area contributed by atoms with Crippen LogP contribution in [0, 0.1) is 10.1 Å². The molecule has 0 atom stereocenters. The van der Waals surface area contributed by atoms with Crippen LogP contribution in [0.4, 0.5) is 5.69 Å². The van der Waals surface area contributed by atoms with Gasteiger partial charge in [0.2, 0.25) is 0 Å². The van der Waals surface area contributed by atoms with Gasteiger partial charge in [-0.2, -0.15) is 0 Å². The lowest BCUT2D eigenvalue weighted by molar-refractivity contribution is -0.385. The Labute approximate surface area is 162 Å². The van der Waals surface area contributed by atoms with Crippen molar-refractivity contribution in [2.75, 3.05) is 0 Å². The van der Waals surface area contributed by atoms with Crippen LogP contribution < -0.4 is 5.56 Å². The van der Waals surface area contributed by atoms with Crippen molar-refractivity contribution < 1.29 is 4.92 Å². The number of nitro groups is 1. The second-order valence-electron chi connectivity index (χ2n) is 5.68. The summed E-state index contributed by atoms with van der Waals surface area (Å²) in [5, 5.41) is 14.2. The van der Waals surface area contributed by atoms with Crippen LogP contribution in [0.3, 0.4) is 0 Å².